The second-order valence-corrected chi connectivity index (χ2v) is 14.3. The van der Waals surface area contributed by atoms with Crippen molar-refractivity contribution in [3.8, 4) is 5.75 Å². The summed E-state index contributed by atoms with van der Waals surface area (Å²) in [4.78, 5) is 70.0. The van der Waals surface area contributed by atoms with Gasteiger partial charge in [-0.15, -0.1) is 0 Å². The number of rotatable bonds is 21. The van der Waals surface area contributed by atoms with Crippen molar-refractivity contribution in [1.82, 2.24) is 15.5 Å². The minimum Gasteiger partial charge on any atom is -0.481 e. The van der Waals surface area contributed by atoms with Crippen LogP contribution < -0.4 is 21.1 Å². The van der Waals surface area contributed by atoms with Crippen molar-refractivity contribution in [2.75, 3.05) is 25.6 Å². The number of aliphatic imine (C=N–C) groups is 1. The Morgan fingerprint density at radius 2 is 1.42 bits per heavy atom. The number of carboxylic acid groups (broad SMARTS) is 1. The lowest BCUT2D eigenvalue weighted by molar-refractivity contribution is -0.140. The van der Waals surface area contributed by atoms with E-state index in [1.165, 1.54) is 25.1 Å². The van der Waals surface area contributed by atoms with Crippen molar-refractivity contribution in [3.05, 3.63) is 102 Å². The molecule has 5 N–H and O–H groups in total. The molecule has 3 amide bonds. The molecule has 3 rings (SSSR count). The van der Waals surface area contributed by atoms with E-state index in [9.17, 15) is 28.2 Å². The van der Waals surface area contributed by atoms with Gasteiger partial charge in [-0.1, -0.05) is 72.8 Å². The summed E-state index contributed by atoms with van der Waals surface area (Å²) in [6.07, 6.45) is 3.08. The number of esters is 1. The standard InChI is InChI=1S/C39H49N5O8S/c1-27(40)41-33(25-30-17-19-31(20-18-30)52-36(47)16-10-15-28-11-6-4-7-12-28)38(49)42-32(22-24-53(3)51)37(48)43-34(26-29-13-8-5-9-14-29)39(50)44(2)23-21-35(45)46/h4-9,11-14,17-20,32-34H,10,15-16,21-26H2,1-3H3,(H2,40,41)(H,42,49)(H,43,48)(H,45,46)/t32-,33+,34+,53?/m1/s1. The Balaban J connectivity index is 1.71. The number of hydrogen-bond acceptors (Lipinski definition) is 8. The molecule has 13 nitrogen and oxygen atoms in total. The molecular weight excluding hydrogens is 699 g/mol. The van der Waals surface area contributed by atoms with E-state index >= 15 is 0 Å². The number of hydrogen-bond donors (Lipinski definition) is 4. The fourth-order valence-electron chi connectivity index (χ4n) is 5.41. The summed E-state index contributed by atoms with van der Waals surface area (Å²) in [6, 6.07) is 22.2. The van der Waals surface area contributed by atoms with Gasteiger partial charge >= 0.3 is 11.9 Å². The Hall–Kier alpha value is -5.37. The van der Waals surface area contributed by atoms with Crippen molar-refractivity contribution in [3.63, 3.8) is 0 Å². The number of likely N-dealkylation sites (N-methyl/N-ethyl adjacent to an activating group) is 1. The monoisotopic (exact) mass is 747 g/mol. The van der Waals surface area contributed by atoms with Crippen LogP contribution in [0, 0.1) is 0 Å². The molecule has 53 heavy (non-hydrogen) atoms. The lowest BCUT2D eigenvalue weighted by Gasteiger charge is -2.27. The van der Waals surface area contributed by atoms with Gasteiger partial charge in [-0.25, -0.2) is 0 Å². The Morgan fingerprint density at radius 1 is 0.830 bits per heavy atom. The fourth-order valence-corrected chi connectivity index (χ4v) is 5.97. The van der Waals surface area contributed by atoms with Gasteiger partial charge in [0.2, 0.25) is 17.7 Å². The molecule has 0 radical (unpaired) electrons. The minimum atomic E-state index is -1.30. The quantitative estimate of drug-likeness (QED) is 0.0548. The normalized spacial score (nSPS) is 13.5. The molecule has 3 aromatic rings. The zero-order chi connectivity index (χ0) is 38.8. The van der Waals surface area contributed by atoms with Crippen LogP contribution in [0.25, 0.3) is 0 Å². The van der Waals surface area contributed by atoms with E-state index in [2.05, 4.69) is 15.6 Å². The molecule has 0 fully saturated rings. The van der Waals surface area contributed by atoms with Crippen LogP contribution in [-0.4, -0.2) is 93.4 Å². The van der Waals surface area contributed by atoms with Gasteiger partial charge in [0, 0.05) is 55.7 Å². The lowest BCUT2D eigenvalue weighted by atomic mass is 10.0. The third kappa shape index (κ3) is 15.8. The number of amidine groups is 1. The number of carbonyl (C=O) groups is 5. The van der Waals surface area contributed by atoms with E-state index in [4.69, 9.17) is 15.6 Å². The van der Waals surface area contributed by atoms with Crippen LogP contribution in [0.4, 0.5) is 0 Å². The highest BCUT2D eigenvalue weighted by Gasteiger charge is 2.31. The molecule has 0 saturated carbocycles. The minimum absolute atomic E-state index is 0.00520. The van der Waals surface area contributed by atoms with Gasteiger partial charge < -0.3 is 31.1 Å². The maximum absolute atomic E-state index is 13.8. The van der Waals surface area contributed by atoms with Gasteiger partial charge in [0.25, 0.3) is 0 Å². The summed E-state index contributed by atoms with van der Waals surface area (Å²) in [7, 11) is 0.155. The van der Waals surface area contributed by atoms with Crippen molar-refractivity contribution >= 4 is 46.3 Å². The zero-order valence-electron chi connectivity index (χ0n) is 30.4. The molecule has 3 aromatic carbocycles. The van der Waals surface area contributed by atoms with Crippen molar-refractivity contribution in [1.29, 1.82) is 0 Å². The Kier molecular flexibility index (Phi) is 17.3. The third-order valence-corrected chi connectivity index (χ3v) is 9.01. The van der Waals surface area contributed by atoms with Crippen LogP contribution in [0.15, 0.2) is 89.9 Å². The number of aliphatic carboxylic acids is 1. The second-order valence-electron chi connectivity index (χ2n) is 12.7. The topological polar surface area (TPSA) is 198 Å². The molecule has 0 bridgehead atoms. The first kappa shape index (κ1) is 42.0. The summed E-state index contributed by atoms with van der Waals surface area (Å²) < 4.78 is 17.5. The maximum Gasteiger partial charge on any atom is 0.311 e. The van der Waals surface area contributed by atoms with Crippen LogP contribution in [0.2, 0.25) is 0 Å². The van der Waals surface area contributed by atoms with E-state index < -0.39 is 52.6 Å². The molecule has 0 aromatic heterocycles. The van der Waals surface area contributed by atoms with Crippen molar-refractivity contribution in [2.45, 2.75) is 70.0 Å². The van der Waals surface area contributed by atoms with Crippen LogP contribution in [0.5, 0.6) is 5.75 Å². The van der Waals surface area contributed by atoms with Crippen LogP contribution in [0.1, 0.15) is 49.3 Å². The van der Waals surface area contributed by atoms with Crippen LogP contribution >= 0.6 is 0 Å². The average Bonchev–Trinajstić information content (AvgIpc) is 3.12. The number of ether oxygens (including phenoxy) is 1. The molecule has 0 aliphatic heterocycles. The highest BCUT2D eigenvalue weighted by atomic mass is 32.2. The number of nitrogens with two attached hydrogens (primary N) is 1. The predicted octanol–water partition coefficient (Wildman–Crippen LogP) is 2.82. The van der Waals surface area contributed by atoms with Gasteiger partial charge in [-0.3, -0.25) is 33.2 Å². The first-order valence-electron chi connectivity index (χ1n) is 17.4. The number of nitrogens with zero attached hydrogens (tertiary/aromatic N) is 2. The Bertz CT molecular complexity index is 1720. The van der Waals surface area contributed by atoms with E-state index in [0.29, 0.717) is 17.7 Å². The summed E-state index contributed by atoms with van der Waals surface area (Å²) in [5, 5.41) is 14.6. The average molecular weight is 748 g/mol. The van der Waals surface area contributed by atoms with Gasteiger partial charge in [-0.2, -0.15) is 0 Å². The predicted molar refractivity (Wildman–Crippen MR) is 204 cm³/mol. The zero-order valence-corrected chi connectivity index (χ0v) is 31.2. The molecular formula is C39H49N5O8S. The molecule has 4 atom stereocenters. The number of nitrogens with one attached hydrogen (secondary N) is 2. The molecule has 1 unspecified atom stereocenters. The molecule has 0 saturated heterocycles. The number of aryl methyl sites for hydroxylation is 1. The number of carboxylic acids is 1. The number of amides is 3. The molecule has 284 valence electrons. The summed E-state index contributed by atoms with van der Waals surface area (Å²) in [5.74, 6) is -2.64. The summed E-state index contributed by atoms with van der Waals surface area (Å²) in [6.45, 7) is 1.46. The van der Waals surface area contributed by atoms with Crippen molar-refractivity contribution < 1.29 is 38.0 Å². The van der Waals surface area contributed by atoms with Crippen LogP contribution in [-0.2, 0) is 54.0 Å². The summed E-state index contributed by atoms with van der Waals surface area (Å²) in [5.41, 5.74) is 8.47. The van der Waals surface area contributed by atoms with Gasteiger partial charge in [-0.05, 0) is 55.0 Å². The summed E-state index contributed by atoms with van der Waals surface area (Å²) >= 11 is 0. The fraction of sp³-hybridized carbons (Fsp3) is 0.385. The van der Waals surface area contributed by atoms with Gasteiger partial charge in [0.05, 0.1) is 12.3 Å². The SMILES string of the molecule is CC(N)=N[C@@H](Cc1ccc(OC(=O)CCCc2ccccc2)cc1)C(=O)N[C@H](CCS(C)=O)C(=O)N[C@@H](Cc1ccccc1)C(=O)N(C)CCC(=O)O. The number of benzene rings is 3. The second kappa shape index (κ2) is 21.9. The first-order chi connectivity index (χ1) is 25.3. The van der Waals surface area contributed by atoms with Crippen LogP contribution in [0.3, 0.4) is 0 Å². The molecule has 14 heteroatoms. The Labute approximate surface area is 312 Å². The van der Waals surface area contributed by atoms with E-state index in [1.54, 1.807) is 48.5 Å². The smallest absolute Gasteiger partial charge is 0.311 e. The molecule has 0 aliphatic rings. The molecule has 0 spiro atoms. The molecule has 0 heterocycles. The highest BCUT2D eigenvalue weighted by Crippen LogP contribution is 2.17. The van der Waals surface area contributed by atoms with Gasteiger partial charge in [0.15, 0.2) is 0 Å². The lowest BCUT2D eigenvalue weighted by Crippen LogP contribution is -2.56. The Morgan fingerprint density at radius 3 is 2.00 bits per heavy atom. The largest absolute Gasteiger partial charge is 0.481 e. The number of carbonyl (C=O) groups excluding carboxylic acids is 4. The van der Waals surface area contributed by atoms with Crippen molar-refractivity contribution in [2.24, 2.45) is 10.7 Å². The van der Waals surface area contributed by atoms with E-state index in [0.717, 1.165) is 17.5 Å². The molecule has 0 aliphatic carbocycles. The van der Waals surface area contributed by atoms with E-state index in [-0.39, 0.29) is 56.2 Å². The third-order valence-electron chi connectivity index (χ3n) is 8.20. The van der Waals surface area contributed by atoms with Gasteiger partial charge in [0.1, 0.15) is 23.9 Å². The first-order valence-corrected chi connectivity index (χ1v) is 19.1. The van der Waals surface area contributed by atoms with E-state index in [1.807, 2.05) is 36.4 Å². The maximum atomic E-state index is 13.8. The highest BCUT2D eigenvalue weighted by molar-refractivity contribution is 7.84.